The van der Waals surface area contributed by atoms with Crippen molar-refractivity contribution in [2.45, 2.75) is 44.2 Å². The van der Waals surface area contributed by atoms with Crippen LogP contribution in [0.25, 0.3) is 0 Å². The van der Waals surface area contributed by atoms with E-state index in [4.69, 9.17) is 0 Å². The van der Waals surface area contributed by atoms with Gasteiger partial charge in [-0.15, -0.1) is 23.7 Å². The maximum Gasteiger partial charge on any atom is 0.222 e. The SMILES string of the molecule is Cl.O=C(CCc1cccs1)N1CCC2CCC(C1)N2. The molecule has 2 unspecified atom stereocenters. The Hall–Kier alpha value is -0.580. The van der Waals surface area contributed by atoms with Crippen LogP contribution in [0, 0.1) is 0 Å². The molecule has 2 atom stereocenters. The van der Waals surface area contributed by atoms with Crippen molar-refractivity contribution in [2.24, 2.45) is 0 Å². The van der Waals surface area contributed by atoms with Crippen LogP contribution >= 0.6 is 23.7 Å². The maximum absolute atomic E-state index is 12.2. The summed E-state index contributed by atoms with van der Waals surface area (Å²) in [7, 11) is 0. The van der Waals surface area contributed by atoms with Crippen LogP contribution in [0.15, 0.2) is 17.5 Å². The van der Waals surface area contributed by atoms with Crippen molar-refractivity contribution in [3.05, 3.63) is 22.4 Å². The van der Waals surface area contributed by atoms with Crippen LogP contribution in [0.5, 0.6) is 0 Å². The number of carbonyl (C=O) groups is 1. The fourth-order valence-corrected chi connectivity index (χ4v) is 3.72. The van der Waals surface area contributed by atoms with Crippen molar-refractivity contribution in [3.8, 4) is 0 Å². The number of thiophene rings is 1. The monoisotopic (exact) mass is 300 g/mol. The number of hydrogen-bond donors (Lipinski definition) is 1. The van der Waals surface area contributed by atoms with Crippen LogP contribution in [0.2, 0.25) is 0 Å². The molecule has 2 aliphatic heterocycles. The zero-order valence-electron chi connectivity index (χ0n) is 11.0. The van der Waals surface area contributed by atoms with E-state index in [1.165, 1.54) is 17.7 Å². The third kappa shape index (κ3) is 3.71. The molecule has 0 aromatic carbocycles. The minimum Gasteiger partial charge on any atom is -0.341 e. The molecule has 1 N–H and O–H groups in total. The average molecular weight is 301 g/mol. The van der Waals surface area contributed by atoms with Crippen molar-refractivity contribution < 1.29 is 4.79 Å². The molecule has 0 saturated carbocycles. The number of halogens is 1. The largest absolute Gasteiger partial charge is 0.341 e. The van der Waals surface area contributed by atoms with Gasteiger partial charge in [0.1, 0.15) is 0 Å². The first-order chi connectivity index (χ1) is 8.81. The molecule has 3 rings (SSSR count). The zero-order valence-corrected chi connectivity index (χ0v) is 12.6. The summed E-state index contributed by atoms with van der Waals surface area (Å²) < 4.78 is 0. The second-order valence-electron chi connectivity index (χ2n) is 5.35. The Morgan fingerprint density at radius 2 is 2.21 bits per heavy atom. The van der Waals surface area contributed by atoms with Crippen molar-refractivity contribution in [1.29, 1.82) is 0 Å². The number of nitrogens with one attached hydrogen (secondary N) is 1. The van der Waals surface area contributed by atoms with E-state index in [1.54, 1.807) is 11.3 Å². The van der Waals surface area contributed by atoms with Gasteiger partial charge in [0.15, 0.2) is 0 Å². The fourth-order valence-electron chi connectivity index (χ4n) is 3.01. The average Bonchev–Trinajstić information content (AvgIpc) is 2.96. The van der Waals surface area contributed by atoms with Gasteiger partial charge in [-0.2, -0.15) is 0 Å². The summed E-state index contributed by atoms with van der Waals surface area (Å²) in [5.41, 5.74) is 0. The van der Waals surface area contributed by atoms with Crippen LogP contribution in [0.4, 0.5) is 0 Å². The summed E-state index contributed by atoms with van der Waals surface area (Å²) in [4.78, 5) is 15.6. The summed E-state index contributed by atoms with van der Waals surface area (Å²) in [6, 6.07) is 5.37. The molecule has 3 nitrogen and oxygen atoms in total. The third-order valence-electron chi connectivity index (χ3n) is 4.04. The Morgan fingerprint density at radius 1 is 1.37 bits per heavy atom. The van der Waals surface area contributed by atoms with E-state index in [9.17, 15) is 4.79 Å². The molecule has 0 aliphatic carbocycles. The number of amides is 1. The second-order valence-corrected chi connectivity index (χ2v) is 6.38. The normalized spacial score (nSPS) is 25.8. The Bertz CT molecular complexity index is 410. The van der Waals surface area contributed by atoms with Crippen LogP contribution in [-0.2, 0) is 11.2 Å². The number of fused-ring (bicyclic) bond motifs is 2. The van der Waals surface area contributed by atoms with Crippen LogP contribution in [0.1, 0.15) is 30.6 Å². The van der Waals surface area contributed by atoms with E-state index in [2.05, 4.69) is 27.7 Å². The zero-order chi connectivity index (χ0) is 12.4. The summed E-state index contributed by atoms with van der Waals surface area (Å²) in [5.74, 6) is 0.331. The summed E-state index contributed by atoms with van der Waals surface area (Å²) in [6.07, 6.45) is 5.22. The summed E-state index contributed by atoms with van der Waals surface area (Å²) >= 11 is 1.74. The van der Waals surface area contributed by atoms with Gasteiger partial charge in [-0.3, -0.25) is 4.79 Å². The number of hydrogen-bond acceptors (Lipinski definition) is 3. The van der Waals surface area contributed by atoms with E-state index in [0.29, 0.717) is 24.4 Å². The van der Waals surface area contributed by atoms with E-state index >= 15 is 0 Å². The predicted octanol–water partition coefficient (Wildman–Crippen LogP) is 2.46. The smallest absolute Gasteiger partial charge is 0.222 e. The molecule has 1 aromatic heterocycles. The fraction of sp³-hybridized carbons (Fsp3) is 0.643. The standard InChI is InChI=1S/C14H20N2OS.ClH/c17-14(6-5-13-2-1-9-18-13)16-8-7-11-3-4-12(10-16)15-11;/h1-2,9,11-12,15H,3-8,10H2;1H. The van der Waals surface area contributed by atoms with Gasteiger partial charge in [-0.1, -0.05) is 6.07 Å². The first-order valence-electron chi connectivity index (χ1n) is 6.87. The molecule has 106 valence electrons. The van der Waals surface area contributed by atoms with Gasteiger partial charge < -0.3 is 10.2 Å². The predicted molar refractivity (Wildman–Crippen MR) is 81.0 cm³/mol. The van der Waals surface area contributed by atoms with Crippen molar-refractivity contribution >= 4 is 29.7 Å². The van der Waals surface area contributed by atoms with Gasteiger partial charge in [0.2, 0.25) is 5.91 Å². The molecular formula is C14H21ClN2OS. The van der Waals surface area contributed by atoms with Gasteiger partial charge in [0.05, 0.1) is 0 Å². The van der Waals surface area contributed by atoms with Gasteiger partial charge in [-0.25, -0.2) is 0 Å². The molecule has 2 saturated heterocycles. The first-order valence-corrected chi connectivity index (χ1v) is 7.75. The Balaban J connectivity index is 0.00000133. The maximum atomic E-state index is 12.2. The molecule has 1 amide bonds. The minimum atomic E-state index is 0. The highest BCUT2D eigenvalue weighted by molar-refractivity contribution is 7.09. The lowest BCUT2D eigenvalue weighted by Gasteiger charge is -2.24. The van der Waals surface area contributed by atoms with Crippen LogP contribution in [-0.4, -0.2) is 36.0 Å². The quantitative estimate of drug-likeness (QED) is 0.930. The molecule has 1 aromatic rings. The van der Waals surface area contributed by atoms with Crippen molar-refractivity contribution in [2.75, 3.05) is 13.1 Å². The number of rotatable bonds is 3. The van der Waals surface area contributed by atoms with Gasteiger partial charge in [0, 0.05) is 36.5 Å². The molecule has 2 aliphatic rings. The first kappa shape index (κ1) is 14.8. The summed E-state index contributed by atoms with van der Waals surface area (Å²) in [6.45, 7) is 1.86. The van der Waals surface area contributed by atoms with Crippen LogP contribution < -0.4 is 5.32 Å². The number of carbonyl (C=O) groups excluding carboxylic acids is 1. The molecular weight excluding hydrogens is 280 g/mol. The molecule has 0 spiro atoms. The van der Waals surface area contributed by atoms with Gasteiger partial charge in [0.25, 0.3) is 0 Å². The number of likely N-dealkylation sites (tertiary alicyclic amines) is 1. The van der Waals surface area contributed by atoms with Crippen molar-refractivity contribution in [3.63, 3.8) is 0 Å². The summed E-state index contributed by atoms with van der Waals surface area (Å²) in [5, 5.41) is 5.69. The van der Waals surface area contributed by atoms with Crippen molar-refractivity contribution in [1.82, 2.24) is 10.2 Å². The molecule has 2 bridgehead atoms. The Kier molecular flexibility index (Phi) is 5.25. The highest BCUT2D eigenvalue weighted by Gasteiger charge is 2.30. The van der Waals surface area contributed by atoms with E-state index < -0.39 is 0 Å². The lowest BCUT2D eigenvalue weighted by atomic mass is 10.1. The lowest BCUT2D eigenvalue weighted by molar-refractivity contribution is -0.131. The highest BCUT2D eigenvalue weighted by atomic mass is 35.5. The van der Waals surface area contributed by atoms with Gasteiger partial charge in [-0.05, 0) is 37.1 Å². The molecule has 3 heterocycles. The second kappa shape index (κ2) is 6.73. The Morgan fingerprint density at radius 3 is 3.00 bits per heavy atom. The number of aryl methyl sites for hydroxylation is 1. The van der Waals surface area contributed by atoms with E-state index in [0.717, 1.165) is 25.9 Å². The van der Waals surface area contributed by atoms with E-state index in [1.807, 2.05) is 0 Å². The van der Waals surface area contributed by atoms with Gasteiger partial charge >= 0.3 is 0 Å². The third-order valence-corrected chi connectivity index (χ3v) is 4.98. The molecule has 2 fully saturated rings. The molecule has 19 heavy (non-hydrogen) atoms. The topological polar surface area (TPSA) is 32.3 Å². The lowest BCUT2D eigenvalue weighted by Crippen LogP contribution is -2.39. The molecule has 0 radical (unpaired) electrons. The minimum absolute atomic E-state index is 0. The highest BCUT2D eigenvalue weighted by Crippen LogP contribution is 2.21. The Labute approximate surface area is 124 Å². The van der Waals surface area contributed by atoms with E-state index in [-0.39, 0.29) is 12.4 Å². The molecule has 5 heteroatoms. The van der Waals surface area contributed by atoms with Crippen LogP contribution in [0.3, 0.4) is 0 Å². The number of nitrogens with zero attached hydrogens (tertiary/aromatic N) is 1.